The first-order valence-corrected chi connectivity index (χ1v) is 12.7. The van der Waals surface area contributed by atoms with Crippen molar-refractivity contribution in [2.45, 2.75) is 39.7 Å². The lowest BCUT2D eigenvalue weighted by atomic mass is 9.99. The van der Waals surface area contributed by atoms with Crippen molar-refractivity contribution in [1.29, 1.82) is 0 Å². The lowest BCUT2D eigenvalue weighted by molar-refractivity contribution is -0.147. The number of nitrogens with zero attached hydrogens (tertiary/aromatic N) is 1. The van der Waals surface area contributed by atoms with Crippen LogP contribution in [-0.2, 0) is 24.2 Å². The average Bonchev–Trinajstić information content (AvgIpc) is 3.29. The molecule has 4 nitrogen and oxygen atoms in total. The molecule has 1 aromatic heterocycles. The van der Waals surface area contributed by atoms with E-state index in [1.54, 1.807) is 11.3 Å². The molecule has 1 aliphatic heterocycles. The maximum atomic E-state index is 11.1. The molecular formula is C28H33NO3S. The van der Waals surface area contributed by atoms with Crippen LogP contribution in [0.3, 0.4) is 0 Å². The summed E-state index contributed by atoms with van der Waals surface area (Å²) < 4.78 is 6.22. The van der Waals surface area contributed by atoms with Gasteiger partial charge in [0.2, 0.25) is 0 Å². The number of carbonyl (C=O) groups is 1. The van der Waals surface area contributed by atoms with Crippen LogP contribution in [0.1, 0.15) is 37.0 Å². The molecule has 5 heteroatoms. The van der Waals surface area contributed by atoms with Gasteiger partial charge < -0.3 is 9.84 Å². The highest BCUT2D eigenvalue weighted by atomic mass is 32.1. The second-order valence-electron chi connectivity index (χ2n) is 9.40. The fraction of sp³-hybridized carbons (Fsp3) is 0.393. The lowest BCUT2D eigenvalue weighted by Gasteiger charge is -2.36. The molecule has 0 aliphatic carbocycles. The first kappa shape index (κ1) is 23.5. The summed E-state index contributed by atoms with van der Waals surface area (Å²) in [5.41, 5.74) is 5.07. The molecule has 1 aliphatic rings. The van der Waals surface area contributed by atoms with E-state index in [4.69, 9.17) is 9.84 Å². The topological polar surface area (TPSA) is 49.8 Å². The number of hydrogen-bond donors (Lipinski definition) is 1. The average molecular weight is 464 g/mol. The van der Waals surface area contributed by atoms with Gasteiger partial charge in [-0.3, -0.25) is 9.69 Å². The van der Waals surface area contributed by atoms with Crippen molar-refractivity contribution < 1.29 is 14.6 Å². The number of thiophene rings is 1. The first-order chi connectivity index (χ1) is 16.0. The quantitative estimate of drug-likeness (QED) is 0.347. The molecule has 0 unspecified atom stereocenters. The molecule has 0 atom stereocenters. The van der Waals surface area contributed by atoms with Gasteiger partial charge in [0.25, 0.3) is 0 Å². The van der Waals surface area contributed by atoms with Crippen molar-refractivity contribution >= 4 is 17.3 Å². The van der Waals surface area contributed by atoms with Crippen LogP contribution in [-0.4, -0.2) is 35.7 Å². The van der Waals surface area contributed by atoms with E-state index in [2.05, 4.69) is 78.7 Å². The molecular weight excluding hydrogens is 430 g/mol. The molecule has 0 saturated carbocycles. The van der Waals surface area contributed by atoms with Crippen LogP contribution in [0.25, 0.3) is 10.4 Å². The number of benzene rings is 2. The molecule has 1 N–H and O–H groups in total. The Kier molecular flexibility index (Phi) is 7.84. The van der Waals surface area contributed by atoms with E-state index >= 15 is 0 Å². The summed E-state index contributed by atoms with van der Waals surface area (Å²) in [6.45, 7) is 7.21. The largest absolute Gasteiger partial charge is 0.493 e. The summed E-state index contributed by atoms with van der Waals surface area (Å²) >= 11 is 1.71. The second-order valence-corrected chi connectivity index (χ2v) is 10.4. The maximum absolute atomic E-state index is 11.1. The Labute approximate surface area is 200 Å². The Hall–Kier alpha value is -2.63. The summed E-state index contributed by atoms with van der Waals surface area (Å²) in [5, 5.41) is 11.2. The molecule has 0 radical (unpaired) electrons. The van der Waals surface area contributed by atoms with Gasteiger partial charge in [0.1, 0.15) is 5.75 Å². The van der Waals surface area contributed by atoms with E-state index in [0.717, 1.165) is 37.1 Å². The van der Waals surface area contributed by atoms with Gasteiger partial charge in [-0.2, -0.15) is 0 Å². The van der Waals surface area contributed by atoms with Crippen molar-refractivity contribution in [2.75, 3.05) is 19.7 Å². The predicted octanol–water partition coefficient (Wildman–Crippen LogP) is 6.14. The molecule has 0 bridgehead atoms. The number of hydrogen-bond acceptors (Lipinski definition) is 4. The molecule has 3 aromatic rings. The zero-order valence-corrected chi connectivity index (χ0v) is 20.3. The Morgan fingerprint density at radius 1 is 1.09 bits per heavy atom. The van der Waals surface area contributed by atoms with E-state index in [1.165, 1.54) is 21.6 Å². The van der Waals surface area contributed by atoms with Crippen LogP contribution in [0.5, 0.6) is 5.75 Å². The highest BCUT2D eigenvalue weighted by Crippen LogP contribution is 2.35. The molecule has 0 spiro atoms. The highest BCUT2D eigenvalue weighted by Gasteiger charge is 2.32. The van der Waals surface area contributed by atoms with Gasteiger partial charge in [0, 0.05) is 30.1 Å². The summed E-state index contributed by atoms with van der Waals surface area (Å²) in [5.74, 6) is 0.679. The minimum Gasteiger partial charge on any atom is -0.493 e. The van der Waals surface area contributed by atoms with Gasteiger partial charge >= 0.3 is 5.97 Å². The van der Waals surface area contributed by atoms with Crippen molar-refractivity contribution in [3.05, 3.63) is 76.7 Å². The van der Waals surface area contributed by atoms with Crippen LogP contribution in [0.4, 0.5) is 0 Å². The zero-order chi connectivity index (χ0) is 23.2. The van der Waals surface area contributed by atoms with E-state index in [1.807, 2.05) is 0 Å². The summed E-state index contributed by atoms with van der Waals surface area (Å²) in [7, 11) is 0. The van der Waals surface area contributed by atoms with Crippen molar-refractivity contribution in [3.8, 4) is 16.2 Å². The van der Waals surface area contributed by atoms with Crippen LogP contribution in [0, 0.1) is 11.8 Å². The minimum absolute atomic E-state index is 0.226. The van der Waals surface area contributed by atoms with Crippen LogP contribution >= 0.6 is 11.3 Å². The molecule has 1 saturated heterocycles. The van der Waals surface area contributed by atoms with E-state index in [-0.39, 0.29) is 5.92 Å². The van der Waals surface area contributed by atoms with Gasteiger partial charge in [0.15, 0.2) is 0 Å². The van der Waals surface area contributed by atoms with Crippen LogP contribution in [0.2, 0.25) is 0 Å². The Balaban J connectivity index is 1.33. The summed E-state index contributed by atoms with van der Waals surface area (Å²) in [6, 6.07) is 19.5. The SMILES string of the molecule is CC(C)Cc1ccc(CCCOc2ccc(CN3CC(C(=O)O)C3)cc2-c2cccs2)cc1. The van der Waals surface area contributed by atoms with Gasteiger partial charge in [-0.15, -0.1) is 11.3 Å². The third kappa shape index (κ3) is 6.46. The molecule has 4 rings (SSSR count). The lowest BCUT2D eigenvalue weighted by Crippen LogP contribution is -2.49. The Morgan fingerprint density at radius 3 is 2.48 bits per heavy atom. The molecule has 174 valence electrons. The maximum Gasteiger partial charge on any atom is 0.309 e. The summed E-state index contributed by atoms with van der Waals surface area (Å²) in [6.07, 6.45) is 3.11. The molecule has 0 amide bonds. The molecule has 33 heavy (non-hydrogen) atoms. The third-order valence-corrected chi connectivity index (χ3v) is 6.98. The Bertz CT molecular complexity index is 1040. The minimum atomic E-state index is -0.694. The standard InChI is InChI=1S/C28H33NO3S/c1-20(2)15-22-9-7-21(8-10-22)5-3-13-32-26-12-11-23(16-25(26)27-6-4-14-33-27)17-29-18-24(19-29)28(30)31/h4,6-12,14,16,20,24H,3,5,13,15,17-19H2,1-2H3,(H,30,31). The number of aliphatic carboxylic acids is 1. The van der Waals surface area contributed by atoms with E-state index in [0.29, 0.717) is 25.6 Å². The number of rotatable bonds is 11. The second kappa shape index (κ2) is 11.0. The van der Waals surface area contributed by atoms with Gasteiger partial charge in [0.05, 0.1) is 12.5 Å². The van der Waals surface area contributed by atoms with E-state index < -0.39 is 5.97 Å². The van der Waals surface area contributed by atoms with Gasteiger partial charge in [-0.05, 0) is 65.4 Å². The van der Waals surface area contributed by atoms with Crippen LogP contribution < -0.4 is 4.74 Å². The number of ether oxygens (including phenoxy) is 1. The molecule has 1 fully saturated rings. The normalized spacial score (nSPS) is 14.4. The van der Waals surface area contributed by atoms with Crippen LogP contribution in [0.15, 0.2) is 60.0 Å². The van der Waals surface area contributed by atoms with Gasteiger partial charge in [-0.1, -0.05) is 50.2 Å². The number of aryl methyl sites for hydroxylation is 1. The highest BCUT2D eigenvalue weighted by molar-refractivity contribution is 7.13. The smallest absolute Gasteiger partial charge is 0.309 e. The van der Waals surface area contributed by atoms with E-state index in [9.17, 15) is 4.79 Å². The molecule has 2 aromatic carbocycles. The monoisotopic (exact) mass is 463 g/mol. The predicted molar refractivity (Wildman–Crippen MR) is 135 cm³/mol. The fourth-order valence-electron chi connectivity index (χ4n) is 4.31. The fourth-order valence-corrected chi connectivity index (χ4v) is 5.06. The number of carboxylic acids is 1. The zero-order valence-electron chi connectivity index (χ0n) is 19.5. The summed E-state index contributed by atoms with van der Waals surface area (Å²) in [4.78, 5) is 14.4. The third-order valence-electron chi connectivity index (χ3n) is 6.08. The van der Waals surface area contributed by atoms with Gasteiger partial charge in [-0.25, -0.2) is 0 Å². The molecule has 2 heterocycles. The number of likely N-dealkylation sites (tertiary alicyclic amines) is 1. The van der Waals surface area contributed by atoms with Crippen molar-refractivity contribution in [3.63, 3.8) is 0 Å². The first-order valence-electron chi connectivity index (χ1n) is 11.8. The number of carboxylic acid groups (broad SMARTS) is 1. The van der Waals surface area contributed by atoms with Crippen molar-refractivity contribution in [1.82, 2.24) is 4.90 Å². The van der Waals surface area contributed by atoms with Crippen molar-refractivity contribution in [2.24, 2.45) is 11.8 Å². The Morgan fingerprint density at radius 2 is 1.82 bits per heavy atom.